The Balaban J connectivity index is 2.31. The molecule has 19 heavy (non-hydrogen) atoms. The molecule has 0 spiro atoms. The van der Waals surface area contributed by atoms with E-state index in [4.69, 9.17) is 16.3 Å². The maximum atomic E-state index is 12.0. The van der Waals surface area contributed by atoms with E-state index < -0.39 is 0 Å². The molecule has 0 bridgehead atoms. The lowest BCUT2D eigenvalue weighted by molar-refractivity contribution is -0.118. The molecule has 104 valence electrons. The molecule has 1 amide bonds. The highest BCUT2D eigenvalue weighted by Crippen LogP contribution is 2.35. The zero-order valence-corrected chi connectivity index (χ0v) is 12.2. The van der Waals surface area contributed by atoms with Crippen LogP contribution in [0, 0.1) is 0 Å². The lowest BCUT2D eigenvalue weighted by Gasteiger charge is -2.30. The van der Waals surface area contributed by atoms with Gasteiger partial charge in [0.05, 0.1) is 11.8 Å². The Morgan fingerprint density at radius 2 is 2.16 bits per heavy atom. The van der Waals surface area contributed by atoms with Gasteiger partial charge in [0.15, 0.2) is 0 Å². The molecular formula is C15H20ClNO2. The van der Waals surface area contributed by atoms with E-state index in [0.717, 1.165) is 29.8 Å². The van der Waals surface area contributed by atoms with Gasteiger partial charge in [0.1, 0.15) is 5.75 Å². The number of carbonyl (C=O) groups is 1. The number of hydrogen-bond donors (Lipinski definition) is 0. The third kappa shape index (κ3) is 3.21. The highest BCUT2D eigenvalue weighted by atomic mass is 35.5. The molecule has 4 heteroatoms. The van der Waals surface area contributed by atoms with Crippen molar-refractivity contribution >= 4 is 23.2 Å². The van der Waals surface area contributed by atoms with Crippen molar-refractivity contribution in [3.8, 4) is 5.75 Å². The SMILES string of the molecule is CC(C)Oc1cccc2c1CCC(=O)N2CCCCl. The Morgan fingerprint density at radius 1 is 1.37 bits per heavy atom. The van der Waals surface area contributed by atoms with E-state index in [1.54, 1.807) is 0 Å². The van der Waals surface area contributed by atoms with E-state index in [0.29, 0.717) is 18.8 Å². The molecule has 0 radical (unpaired) electrons. The number of halogens is 1. The van der Waals surface area contributed by atoms with Gasteiger partial charge in [0.2, 0.25) is 5.91 Å². The van der Waals surface area contributed by atoms with Crippen LogP contribution in [0.4, 0.5) is 5.69 Å². The number of benzene rings is 1. The van der Waals surface area contributed by atoms with Crippen molar-refractivity contribution in [2.45, 2.75) is 39.2 Å². The maximum Gasteiger partial charge on any atom is 0.227 e. The van der Waals surface area contributed by atoms with E-state index in [1.165, 1.54) is 0 Å². The second kappa shape index (κ2) is 6.29. The second-order valence-corrected chi connectivity index (χ2v) is 5.39. The lowest BCUT2D eigenvalue weighted by atomic mass is 10.00. The lowest BCUT2D eigenvalue weighted by Crippen LogP contribution is -2.36. The molecule has 3 nitrogen and oxygen atoms in total. The van der Waals surface area contributed by atoms with Gasteiger partial charge < -0.3 is 9.64 Å². The first-order valence-corrected chi connectivity index (χ1v) is 7.31. The fraction of sp³-hybridized carbons (Fsp3) is 0.533. The molecule has 1 aliphatic heterocycles. The average Bonchev–Trinajstić information content (AvgIpc) is 2.37. The first kappa shape index (κ1) is 14.2. The van der Waals surface area contributed by atoms with Crippen molar-refractivity contribution in [1.29, 1.82) is 0 Å². The van der Waals surface area contributed by atoms with E-state index in [1.807, 2.05) is 36.9 Å². The first-order valence-electron chi connectivity index (χ1n) is 6.78. The van der Waals surface area contributed by atoms with Gasteiger partial charge in [-0.2, -0.15) is 0 Å². The zero-order chi connectivity index (χ0) is 13.8. The molecule has 0 N–H and O–H groups in total. The predicted molar refractivity (Wildman–Crippen MR) is 78.2 cm³/mol. The number of amides is 1. The summed E-state index contributed by atoms with van der Waals surface area (Å²) < 4.78 is 5.84. The van der Waals surface area contributed by atoms with Gasteiger partial charge in [-0.05, 0) is 38.8 Å². The molecule has 2 rings (SSSR count). The van der Waals surface area contributed by atoms with Crippen molar-refractivity contribution in [3.63, 3.8) is 0 Å². The Labute approximate surface area is 119 Å². The number of hydrogen-bond acceptors (Lipinski definition) is 2. The first-order chi connectivity index (χ1) is 9.13. The minimum atomic E-state index is 0.139. The minimum Gasteiger partial charge on any atom is -0.491 e. The van der Waals surface area contributed by atoms with E-state index in [2.05, 4.69) is 0 Å². The number of ether oxygens (including phenoxy) is 1. The Morgan fingerprint density at radius 3 is 2.84 bits per heavy atom. The highest BCUT2D eigenvalue weighted by molar-refractivity contribution is 6.17. The molecule has 0 aromatic heterocycles. The summed E-state index contributed by atoms with van der Waals surface area (Å²) in [6.07, 6.45) is 2.25. The standard InChI is InChI=1S/C15H20ClNO2/c1-11(2)19-14-6-3-5-13-12(14)7-8-15(18)17(13)10-4-9-16/h3,5-6,11H,4,7-10H2,1-2H3. The fourth-order valence-electron chi connectivity index (χ4n) is 2.39. The van der Waals surface area contributed by atoms with Crippen molar-refractivity contribution < 1.29 is 9.53 Å². The summed E-state index contributed by atoms with van der Waals surface area (Å²) in [5.74, 6) is 1.65. The summed E-state index contributed by atoms with van der Waals surface area (Å²) in [7, 11) is 0. The second-order valence-electron chi connectivity index (χ2n) is 5.01. The van der Waals surface area contributed by atoms with Crippen LogP contribution in [0.25, 0.3) is 0 Å². The van der Waals surface area contributed by atoms with Gasteiger partial charge in [0.25, 0.3) is 0 Å². The number of fused-ring (bicyclic) bond motifs is 1. The van der Waals surface area contributed by atoms with Crippen molar-refractivity contribution in [1.82, 2.24) is 0 Å². The number of alkyl halides is 1. The Bertz CT molecular complexity index is 459. The van der Waals surface area contributed by atoms with Crippen LogP contribution >= 0.6 is 11.6 Å². The number of rotatable bonds is 5. The van der Waals surface area contributed by atoms with E-state index in [9.17, 15) is 4.79 Å². The van der Waals surface area contributed by atoms with E-state index >= 15 is 0 Å². The number of anilines is 1. The third-order valence-electron chi connectivity index (χ3n) is 3.17. The van der Waals surface area contributed by atoms with Crippen LogP contribution in [0.5, 0.6) is 5.75 Å². The zero-order valence-electron chi connectivity index (χ0n) is 11.5. The van der Waals surface area contributed by atoms with Gasteiger partial charge in [-0.25, -0.2) is 0 Å². The van der Waals surface area contributed by atoms with Crippen LogP contribution in [0.15, 0.2) is 18.2 Å². The Hall–Kier alpha value is -1.22. The molecule has 1 aliphatic rings. The van der Waals surface area contributed by atoms with Gasteiger partial charge in [-0.3, -0.25) is 4.79 Å². The molecule has 0 unspecified atom stereocenters. The molecule has 1 aromatic carbocycles. The normalized spacial score (nSPS) is 14.7. The molecule has 0 atom stereocenters. The van der Waals surface area contributed by atoms with Crippen LogP contribution in [-0.2, 0) is 11.2 Å². The van der Waals surface area contributed by atoms with Crippen molar-refractivity contribution in [2.75, 3.05) is 17.3 Å². The molecule has 1 aromatic rings. The minimum absolute atomic E-state index is 0.139. The van der Waals surface area contributed by atoms with Crippen molar-refractivity contribution in [2.24, 2.45) is 0 Å². The fourth-order valence-corrected chi connectivity index (χ4v) is 2.51. The summed E-state index contributed by atoms with van der Waals surface area (Å²) in [5.41, 5.74) is 2.13. The molecule has 0 saturated heterocycles. The molecule has 0 aliphatic carbocycles. The third-order valence-corrected chi connectivity index (χ3v) is 3.43. The van der Waals surface area contributed by atoms with Gasteiger partial charge in [-0.15, -0.1) is 11.6 Å². The van der Waals surface area contributed by atoms with Gasteiger partial charge in [-0.1, -0.05) is 6.07 Å². The predicted octanol–water partition coefficient (Wildman–Crippen LogP) is 3.38. The monoisotopic (exact) mass is 281 g/mol. The summed E-state index contributed by atoms with van der Waals surface area (Å²) in [6, 6.07) is 5.92. The molecule has 1 heterocycles. The van der Waals surface area contributed by atoms with Gasteiger partial charge >= 0.3 is 0 Å². The summed E-state index contributed by atoms with van der Waals surface area (Å²) in [5, 5.41) is 0. The number of carbonyl (C=O) groups excluding carboxylic acids is 1. The topological polar surface area (TPSA) is 29.5 Å². The molecule has 0 saturated carbocycles. The summed E-state index contributed by atoms with van der Waals surface area (Å²) >= 11 is 5.73. The molecular weight excluding hydrogens is 262 g/mol. The van der Waals surface area contributed by atoms with Crippen LogP contribution in [0.1, 0.15) is 32.3 Å². The van der Waals surface area contributed by atoms with Crippen LogP contribution in [-0.4, -0.2) is 24.4 Å². The summed E-state index contributed by atoms with van der Waals surface area (Å²) in [4.78, 5) is 13.9. The average molecular weight is 282 g/mol. The van der Waals surface area contributed by atoms with Crippen molar-refractivity contribution in [3.05, 3.63) is 23.8 Å². The molecule has 0 fully saturated rings. The number of nitrogens with zero attached hydrogens (tertiary/aromatic N) is 1. The smallest absolute Gasteiger partial charge is 0.227 e. The quantitative estimate of drug-likeness (QED) is 0.775. The maximum absolute atomic E-state index is 12.0. The Kier molecular flexibility index (Phi) is 4.70. The van der Waals surface area contributed by atoms with E-state index in [-0.39, 0.29) is 12.0 Å². The van der Waals surface area contributed by atoms with Crippen LogP contribution in [0.2, 0.25) is 0 Å². The highest BCUT2D eigenvalue weighted by Gasteiger charge is 2.26. The van der Waals surface area contributed by atoms with Crippen LogP contribution < -0.4 is 9.64 Å². The largest absolute Gasteiger partial charge is 0.491 e. The van der Waals surface area contributed by atoms with Crippen LogP contribution in [0.3, 0.4) is 0 Å². The summed E-state index contributed by atoms with van der Waals surface area (Å²) in [6.45, 7) is 4.71. The van der Waals surface area contributed by atoms with Gasteiger partial charge in [0, 0.05) is 24.4 Å².